The Balaban J connectivity index is 2.13. The number of rotatable bonds is 2. The van der Waals surface area contributed by atoms with Crippen LogP contribution in [-0.4, -0.2) is 24.4 Å². The lowest BCUT2D eigenvalue weighted by molar-refractivity contribution is -0.124. The average Bonchev–Trinajstić information content (AvgIpc) is 2.38. The number of amides is 2. The van der Waals surface area contributed by atoms with Crippen LogP contribution in [0.25, 0.3) is 0 Å². The highest BCUT2D eigenvalue weighted by Crippen LogP contribution is 2.14. The minimum Gasteiger partial charge on any atom is -0.354 e. The Labute approximate surface area is 107 Å². The van der Waals surface area contributed by atoms with E-state index in [9.17, 15) is 22.8 Å². The molecular weight excluding hydrogens is 261 g/mol. The molecule has 102 valence electrons. The van der Waals surface area contributed by atoms with E-state index < -0.39 is 29.4 Å². The van der Waals surface area contributed by atoms with Crippen molar-refractivity contribution in [2.75, 3.05) is 6.54 Å². The van der Waals surface area contributed by atoms with Gasteiger partial charge in [0.15, 0.2) is 17.5 Å². The Bertz CT molecular complexity index is 511. The van der Waals surface area contributed by atoms with Crippen LogP contribution in [0.3, 0.4) is 0 Å². The van der Waals surface area contributed by atoms with Crippen LogP contribution in [0.1, 0.15) is 23.2 Å². The number of halogens is 3. The molecule has 2 amide bonds. The maximum atomic E-state index is 13.0. The van der Waals surface area contributed by atoms with E-state index in [2.05, 4.69) is 10.6 Å². The first-order valence-corrected chi connectivity index (χ1v) is 5.72. The summed E-state index contributed by atoms with van der Waals surface area (Å²) in [6.07, 6.45) is 1.15. The SMILES string of the molecule is O=C(NC1CCCNC1=O)c1cc(F)c(F)c(F)c1. The first-order chi connectivity index (χ1) is 8.99. The van der Waals surface area contributed by atoms with Crippen molar-refractivity contribution in [3.8, 4) is 0 Å². The largest absolute Gasteiger partial charge is 0.354 e. The van der Waals surface area contributed by atoms with Crippen molar-refractivity contribution < 1.29 is 22.8 Å². The summed E-state index contributed by atoms with van der Waals surface area (Å²) in [5, 5.41) is 4.91. The second-order valence-corrected chi connectivity index (χ2v) is 4.21. The number of hydrogen-bond donors (Lipinski definition) is 2. The number of hydrogen-bond acceptors (Lipinski definition) is 2. The average molecular weight is 272 g/mol. The molecule has 0 aliphatic carbocycles. The zero-order chi connectivity index (χ0) is 14.0. The van der Waals surface area contributed by atoms with Gasteiger partial charge in [-0.05, 0) is 25.0 Å². The molecular formula is C12H11F3N2O2. The highest BCUT2D eigenvalue weighted by atomic mass is 19.2. The Morgan fingerprint density at radius 3 is 2.47 bits per heavy atom. The summed E-state index contributed by atoms with van der Waals surface area (Å²) < 4.78 is 38.7. The third-order valence-electron chi connectivity index (χ3n) is 2.84. The van der Waals surface area contributed by atoms with Crippen molar-refractivity contribution in [1.82, 2.24) is 10.6 Å². The molecule has 0 spiro atoms. The molecule has 2 rings (SSSR count). The van der Waals surface area contributed by atoms with Gasteiger partial charge in [-0.3, -0.25) is 9.59 Å². The summed E-state index contributed by atoms with van der Waals surface area (Å²) in [7, 11) is 0. The van der Waals surface area contributed by atoms with Crippen LogP contribution in [0, 0.1) is 17.5 Å². The highest BCUT2D eigenvalue weighted by Gasteiger charge is 2.25. The number of carbonyl (C=O) groups excluding carboxylic acids is 2. The van der Waals surface area contributed by atoms with Crippen molar-refractivity contribution in [2.24, 2.45) is 0 Å². The highest BCUT2D eigenvalue weighted by molar-refractivity contribution is 5.97. The van der Waals surface area contributed by atoms with E-state index >= 15 is 0 Å². The zero-order valence-electron chi connectivity index (χ0n) is 9.80. The maximum Gasteiger partial charge on any atom is 0.252 e. The van der Waals surface area contributed by atoms with Crippen LogP contribution in [0.4, 0.5) is 13.2 Å². The van der Waals surface area contributed by atoms with Gasteiger partial charge in [0.25, 0.3) is 5.91 Å². The summed E-state index contributed by atoms with van der Waals surface area (Å²) in [5.74, 6) is -5.69. The van der Waals surface area contributed by atoms with E-state index in [4.69, 9.17) is 0 Å². The topological polar surface area (TPSA) is 58.2 Å². The van der Waals surface area contributed by atoms with Crippen LogP contribution < -0.4 is 10.6 Å². The van der Waals surface area contributed by atoms with Gasteiger partial charge in [-0.25, -0.2) is 13.2 Å². The van der Waals surface area contributed by atoms with Gasteiger partial charge in [-0.15, -0.1) is 0 Å². The monoisotopic (exact) mass is 272 g/mol. The molecule has 7 heteroatoms. The normalized spacial score (nSPS) is 18.9. The van der Waals surface area contributed by atoms with E-state index in [1.807, 2.05) is 0 Å². The van der Waals surface area contributed by atoms with E-state index in [1.165, 1.54) is 0 Å². The summed E-state index contributed by atoms with van der Waals surface area (Å²) in [6.45, 7) is 0.533. The minimum absolute atomic E-state index is 0.345. The Hall–Kier alpha value is -2.05. The molecule has 1 aliphatic heterocycles. The van der Waals surface area contributed by atoms with Crippen molar-refractivity contribution in [2.45, 2.75) is 18.9 Å². The number of carbonyl (C=O) groups is 2. The third kappa shape index (κ3) is 2.86. The van der Waals surface area contributed by atoms with Crippen LogP contribution >= 0.6 is 0 Å². The first-order valence-electron chi connectivity index (χ1n) is 5.72. The van der Waals surface area contributed by atoms with Crippen molar-refractivity contribution in [1.29, 1.82) is 0 Å². The number of piperidine rings is 1. The molecule has 2 N–H and O–H groups in total. The van der Waals surface area contributed by atoms with E-state index in [0.29, 0.717) is 31.5 Å². The molecule has 0 bridgehead atoms. The van der Waals surface area contributed by atoms with Crippen LogP contribution in [-0.2, 0) is 4.79 Å². The quantitative estimate of drug-likeness (QED) is 0.792. The second-order valence-electron chi connectivity index (χ2n) is 4.21. The molecule has 1 aliphatic rings. The smallest absolute Gasteiger partial charge is 0.252 e. The lowest BCUT2D eigenvalue weighted by Crippen LogP contribution is -2.50. The third-order valence-corrected chi connectivity index (χ3v) is 2.84. The zero-order valence-corrected chi connectivity index (χ0v) is 9.80. The summed E-state index contributed by atoms with van der Waals surface area (Å²) >= 11 is 0. The molecule has 1 aromatic carbocycles. The molecule has 4 nitrogen and oxygen atoms in total. The molecule has 1 saturated heterocycles. The molecule has 1 unspecified atom stereocenters. The van der Waals surface area contributed by atoms with Gasteiger partial charge in [-0.1, -0.05) is 0 Å². The van der Waals surface area contributed by atoms with Crippen molar-refractivity contribution >= 4 is 11.8 Å². The van der Waals surface area contributed by atoms with Gasteiger partial charge in [0.1, 0.15) is 6.04 Å². The van der Waals surface area contributed by atoms with Gasteiger partial charge < -0.3 is 10.6 Å². The Kier molecular flexibility index (Phi) is 3.73. The fourth-order valence-corrected chi connectivity index (χ4v) is 1.84. The fraction of sp³-hybridized carbons (Fsp3) is 0.333. The fourth-order valence-electron chi connectivity index (χ4n) is 1.84. The molecule has 1 aromatic rings. The molecule has 1 atom stereocenters. The van der Waals surface area contributed by atoms with Crippen LogP contribution in [0.2, 0.25) is 0 Å². The van der Waals surface area contributed by atoms with Gasteiger partial charge >= 0.3 is 0 Å². The van der Waals surface area contributed by atoms with Crippen LogP contribution in [0.5, 0.6) is 0 Å². The van der Waals surface area contributed by atoms with Gasteiger partial charge in [0.2, 0.25) is 5.91 Å². The minimum atomic E-state index is -1.63. The van der Waals surface area contributed by atoms with Crippen molar-refractivity contribution in [3.05, 3.63) is 35.1 Å². The van der Waals surface area contributed by atoms with Gasteiger partial charge in [-0.2, -0.15) is 0 Å². The van der Waals surface area contributed by atoms with E-state index in [1.54, 1.807) is 0 Å². The predicted octanol–water partition coefficient (Wildman–Crippen LogP) is 1.11. The first kappa shape index (κ1) is 13.4. The standard InChI is InChI=1S/C12H11F3N2O2/c13-7-4-6(5-8(14)10(7)15)11(18)17-9-2-1-3-16-12(9)19/h4-5,9H,1-3H2,(H,16,19)(H,17,18). The summed E-state index contributed by atoms with van der Waals surface area (Å²) in [4.78, 5) is 23.1. The van der Waals surface area contributed by atoms with E-state index in [0.717, 1.165) is 0 Å². The molecule has 19 heavy (non-hydrogen) atoms. The predicted molar refractivity (Wildman–Crippen MR) is 59.8 cm³/mol. The van der Waals surface area contributed by atoms with Crippen molar-refractivity contribution in [3.63, 3.8) is 0 Å². The van der Waals surface area contributed by atoms with Gasteiger partial charge in [0, 0.05) is 12.1 Å². The Morgan fingerprint density at radius 2 is 1.89 bits per heavy atom. The van der Waals surface area contributed by atoms with Crippen LogP contribution in [0.15, 0.2) is 12.1 Å². The summed E-state index contributed by atoms with van der Waals surface area (Å²) in [6, 6.07) is 0.445. The second kappa shape index (κ2) is 5.29. The molecule has 1 heterocycles. The molecule has 0 saturated carbocycles. The lowest BCUT2D eigenvalue weighted by atomic mass is 10.1. The van der Waals surface area contributed by atoms with E-state index in [-0.39, 0.29) is 11.5 Å². The Morgan fingerprint density at radius 1 is 1.26 bits per heavy atom. The van der Waals surface area contributed by atoms with Gasteiger partial charge in [0.05, 0.1) is 0 Å². The number of nitrogens with one attached hydrogen (secondary N) is 2. The lowest BCUT2D eigenvalue weighted by Gasteiger charge is -2.22. The number of benzene rings is 1. The summed E-state index contributed by atoms with van der Waals surface area (Å²) in [5.41, 5.74) is -0.366. The molecule has 0 radical (unpaired) electrons. The molecule has 0 aromatic heterocycles. The molecule has 1 fully saturated rings. The maximum absolute atomic E-state index is 13.0.